The number of hydrogen-bond donors (Lipinski definition) is 1. The minimum absolute atomic E-state index is 0.644. The number of benzene rings is 1. The van der Waals surface area contributed by atoms with Crippen molar-refractivity contribution in [1.82, 2.24) is 14.9 Å². The van der Waals surface area contributed by atoms with E-state index in [4.69, 9.17) is 4.74 Å². The summed E-state index contributed by atoms with van der Waals surface area (Å²) in [6.45, 7) is 5.69. The molecule has 0 aliphatic heterocycles. The Bertz CT molecular complexity index is 525. The van der Waals surface area contributed by atoms with E-state index in [9.17, 15) is 0 Å². The van der Waals surface area contributed by atoms with Crippen molar-refractivity contribution in [3.8, 4) is 5.75 Å². The molecule has 0 bridgehead atoms. The summed E-state index contributed by atoms with van der Waals surface area (Å²) in [7, 11) is 0. The molecule has 0 atom stereocenters. The lowest BCUT2D eigenvalue weighted by molar-refractivity contribution is 0.298. The molecule has 0 unspecified atom stereocenters. The van der Waals surface area contributed by atoms with Gasteiger partial charge in [-0.25, -0.2) is 4.98 Å². The summed E-state index contributed by atoms with van der Waals surface area (Å²) in [5.74, 6) is 0.891. The number of ether oxygens (including phenoxy) is 1. The van der Waals surface area contributed by atoms with Crippen LogP contribution in [0.1, 0.15) is 19.0 Å². The van der Waals surface area contributed by atoms with Crippen LogP contribution in [0.2, 0.25) is 0 Å². The van der Waals surface area contributed by atoms with E-state index in [0.29, 0.717) is 6.61 Å². The zero-order valence-electron chi connectivity index (χ0n) is 12.4. The molecule has 0 radical (unpaired) electrons. The van der Waals surface area contributed by atoms with Gasteiger partial charge in [0.15, 0.2) is 0 Å². The van der Waals surface area contributed by atoms with Crippen molar-refractivity contribution >= 4 is 15.9 Å². The third-order valence-electron chi connectivity index (χ3n) is 3.10. The van der Waals surface area contributed by atoms with Gasteiger partial charge in [-0.2, -0.15) is 0 Å². The van der Waals surface area contributed by atoms with Crippen molar-refractivity contribution in [2.24, 2.45) is 0 Å². The largest absolute Gasteiger partial charge is 0.492 e. The van der Waals surface area contributed by atoms with E-state index in [1.165, 1.54) is 6.42 Å². The van der Waals surface area contributed by atoms with Crippen LogP contribution >= 0.6 is 15.9 Å². The Morgan fingerprint density at radius 3 is 2.81 bits per heavy atom. The lowest BCUT2D eigenvalue weighted by Crippen LogP contribution is -2.17. The van der Waals surface area contributed by atoms with Crippen molar-refractivity contribution in [3.63, 3.8) is 0 Å². The molecular formula is C16H22BrN3O. The van der Waals surface area contributed by atoms with Gasteiger partial charge in [-0.1, -0.05) is 22.9 Å². The monoisotopic (exact) mass is 351 g/mol. The predicted molar refractivity (Wildman–Crippen MR) is 88.7 cm³/mol. The first-order valence-corrected chi connectivity index (χ1v) is 8.17. The maximum absolute atomic E-state index is 5.71. The highest BCUT2D eigenvalue weighted by Crippen LogP contribution is 2.15. The number of imidazole rings is 1. The quantitative estimate of drug-likeness (QED) is 0.704. The first-order chi connectivity index (χ1) is 10.3. The van der Waals surface area contributed by atoms with Gasteiger partial charge in [0.05, 0.1) is 18.6 Å². The van der Waals surface area contributed by atoms with Crippen LogP contribution in [0, 0.1) is 0 Å². The van der Waals surface area contributed by atoms with Crippen LogP contribution in [0.3, 0.4) is 0 Å². The molecule has 21 heavy (non-hydrogen) atoms. The summed E-state index contributed by atoms with van der Waals surface area (Å²) in [5, 5.41) is 3.38. The van der Waals surface area contributed by atoms with Crippen molar-refractivity contribution in [3.05, 3.63) is 47.0 Å². The van der Waals surface area contributed by atoms with Crippen molar-refractivity contribution in [1.29, 1.82) is 0 Å². The third kappa shape index (κ3) is 5.89. The molecule has 0 spiro atoms. The van der Waals surface area contributed by atoms with E-state index in [1.807, 2.05) is 30.6 Å². The highest BCUT2D eigenvalue weighted by Gasteiger charge is 1.99. The van der Waals surface area contributed by atoms with Crippen LogP contribution < -0.4 is 10.1 Å². The first kappa shape index (κ1) is 16.0. The van der Waals surface area contributed by atoms with Crippen LogP contribution in [0.25, 0.3) is 0 Å². The van der Waals surface area contributed by atoms with E-state index in [1.54, 1.807) is 0 Å². The number of aromatic nitrogens is 2. The van der Waals surface area contributed by atoms with Crippen LogP contribution in [-0.2, 0) is 13.0 Å². The molecule has 5 heteroatoms. The molecule has 4 nitrogen and oxygen atoms in total. The summed E-state index contributed by atoms with van der Waals surface area (Å²) in [4.78, 5) is 4.41. The van der Waals surface area contributed by atoms with Gasteiger partial charge < -0.3 is 14.6 Å². The van der Waals surface area contributed by atoms with E-state index in [0.717, 1.165) is 42.0 Å². The summed E-state index contributed by atoms with van der Waals surface area (Å²) in [6.07, 6.45) is 6.11. The van der Waals surface area contributed by atoms with Crippen LogP contribution in [0.5, 0.6) is 5.75 Å². The van der Waals surface area contributed by atoms with E-state index >= 15 is 0 Å². The Hall–Kier alpha value is -1.33. The van der Waals surface area contributed by atoms with Gasteiger partial charge in [-0.3, -0.25) is 0 Å². The number of hydrogen-bond acceptors (Lipinski definition) is 3. The Morgan fingerprint density at radius 2 is 2.05 bits per heavy atom. The summed E-state index contributed by atoms with van der Waals surface area (Å²) >= 11 is 3.41. The molecule has 1 aromatic heterocycles. The zero-order valence-corrected chi connectivity index (χ0v) is 14.0. The fourth-order valence-electron chi connectivity index (χ4n) is 1.98. The second-order valence-electron chi connectivity index (χ2n) is 4.91. The third-order valence-corrected chi connectivity index (χ3v) is 3.63. The maximum atomic E-state index is 5.71. The Balaban J connectivity index is 1.69. The molecule has 2 rings (SSSR count). The molecule has 1 heterocycles. The van der Waals surface area contributed by atoms with E-state index in [2.05, 4.69) is 43.9 Å². The number of rotatable bonds is 9. The number of nitrogens with one attached hydrogen (secondary N) is 1. The van der Waals surface area contributed by atoms with Crippen molar-refractivity contribution in [2.75, 3.05) is 19.7 Å². The predicted octanol–water partition coefficient (Wildman–Crippen LogP) is 3.27. The average molecular weight is 352 g/mol. The van der Waals surface area contributed by atoms with E-state index in [-0.39, 0.29) is 0 Å². The van der Waals surface area contributed by atoms with Crippen LogP contribution in [0.15, 0.2) is 41.3 Å². The van der Waals surface area contributed by atoms with Gasteiger partial charge in [0.2, 0.25) is 0 Å². The van der Waals surface area contributed by atoms with Gasteiger partial charge in [-0.15, -0.1) is 0 Å². The highest BCUT2D eigenvalue weighted by molar-refractivity contribution is 9.10. The average Bonchev–Trinajstić information content (AvgIpc) is 2.94. The molecular weight excluding hydrogens is 330 g/mol. The lowest BCUT2D eigenvalue weighted by atomic mass is 10.3. The van der Waals surface area contributed by atoms with Gasteiger partial charge in [0, 0.05) is 23.6 Å². The molecule has 0 fully saturated rings. The molecule has 1 N–H and O–H groups in total. The highest BCUT2D eigenvalue weighted by atomic mass is 79.9. The SMILES string of the molecule is CCCNCCc1cn(CCOc2ccc(Br)cc2)cn1. The van der Waals surface area contributed by atoms with Crippen LogP contribution in [-0.4, -0.2) is 29.2 Å². The van der Waals surface area contributed by atoms with E-state index < -0.39 is 0 Å². The minimum atomic E-state index is 0.644. The summed E-state index contributed by atoms with van der Waals surface area (Å²) < 4.78 is 8.84. The Labute approximate surface area is 134 Å². The van der Waals surface area contributed by atoms with Gasteiger partial charge >= 0.3 is 0 Å². The fourth-order valence-corrected chi connectivity index (χ4v) is 2.24. The second kappa shape index (κ2) is 8.85. The van der Waals surface area contributed by atoms with Crippen LogP contribution in [0.4, 0.5) is 0 Å². The fraction of sp³-hybridized carbons (Fsp3) is 0.438. The Morgan fingerprint density at radius 1 is 1.24 bits per heavy atom. The number of nitrogens with zero attached hydrogens (tertiary/aromatic N) is 2. The molecule has 1 aromatic carbocycles. The molecule has 0 aliphatic rings. The smallest absolute Gasteiger partial charge is 0.119 e. The molecule has 0 amide bonds. The lowest BCUT2D eigenvalue weighted by Gasteiger charge is -2.06. The Kier molecular flexibility index (Phi) is 6.76. The second-order valence-corrected chi connectivity index (χ2v) is 5.82. The molecule has 2 aromatic rings. The standard InChI is InChI=1S/C16H22BrN3O/c1-2-8-18-9-7-15-12-20(13-19-15)10-11-21-16-5-3-14(17)4-6-16/h3-6,12-13,18H,2,7-11H2,1H3. The number of halogens is 1. The van der Waals surface area contributed by atoms with Gasteiger partial charge in [0.1, 0.15) is 12.4 Å². The topological polar surface area (TPSA) is 39.1 Å². The zero-order chi connectivity index (χ0) is 14.9. The maximum Gasteiger partial charge on any atom is 0.119 e. The normalized spacial score (nSPS) is 10.8. The van der Waals surface area contributed by atoms with Crippen molar-refractivity contribution < 1.29 is 4.74 Å². The van der Waals surface area contributed by atoms with Crippen molar-refractivity contribution in [2.45, 2.75) is 26.3 Å². The minimum Gasteiger partial charge on any atom is -0.492 e. The first-order valence-electron chi connectivity index (χ1n) is 7.37. The van der Waals surface area contributed by atoms with Gasteiger partial charge in [0.25, 0.3) is 0 Å². The summed E-state index contributed by atoms with van der Waals surface area (Å²) in [5.41, 5.74) is 1.13. The molecule has 0 saturated heterocycles. The molecule has 0 saturated carbocycles. The molecule has 114 valence electrons. The van der Waals surface area contributed by atoms with Gasteiger partial charge in [-0.05, 0) is 37.2 Å². The summed E-state index contributed by atoms with van der Waals surface area (Å²) in [6, 6.07) is 7.88. The molecule has 0 aliphatic carbocycles.